The van der Waals surface area contributed by atoms with Crippen molar-refractivity contribution in [1.29, 1.82) is 0 Å². The van der Waals surface area contributed by atoms with Gasteiger partial charge in [0.15, 0.2) is 11.5 Å². The van der Waals surface area contributed by atoms with E-state index in [4.69, 9.17) is 4.42 Å². The van der Waals surface area contributed by atoms with E-state index < -0.39 is 11.4 Å². The Morgan fingerprint density at radius 1 is 1.33 bits per heavy atom. The highest BCUT2D eigenvalue weighted by atomic mass is 16.4. The normalized spacial score (nSPS) is 14.8. The number of aromatic nitrogens is 1. The number of carbonyl (C=O) groups excluding carboxylic acids is 1. The summed E-state index contributed by atoms with van der Waals surface area (Å²) in [5.41, 5.74) is 1.01. The minimum absolute atomic E-state index is 0.0422. The Hall–Kier alpha value is -2.37. The fourth-order valence-electron chi connectivity index (χ4n) is 2.92. The summed E-state index contributed by atoms with van der Waals surface area (Å²) < 4.78 is 5.70. The minimum Gasteiger partial charge on any atom is -0.481 e. The summed E-state index contributed by atoms with van der Waals surface area (Å²) in [5.74, 6) is -0.0360. The van der Waals surface area contributed by atoms with Crippen molar-refractivity contribution in [3.63, 3.8) is 0 Å². The van der Waals surface area contributed by atoms with E-state index in [1.165, 1.54) is 0 Å². The summed E-state index contributed by atoms with van der Waals surface area (Å²) in [4.78, 5) is 28.3. The van der Waals surface area contributed by atoms with Crippen molar-refractivity contribution in [2.45, 2.75) is 51.9 Å². The molecule has 0 saturated heterocycles. The van der Waals surface area contributed by atoms with Gasteiger partial charge < -0.3 is 14.8 Å². The lowest BCUT2D eigenvalue weighted by Gasteiger charge is -2.25. The van der Waals surface area contributed by atoms with Crippen molar-refractivity contribution in [2.24, 2.45) is 5.41 Å². The van der Waals surface area contributed by atoms with Gasteiger partial charge in [0, 0.05) is 18.0 Å². The number of carboxylic acids is 1. The van der Waals surface area contributed by atoms with Crippen molar-refractivity contribution in [3.8, 4) is 0 Å². The number of carbonyl (C=O) groups is 2. The molecule has 24 heavy (non-hydrogen) atoms. The molecular formula is C18H22N2O4. The number of hydrogen-bond acceptors (Lipinski definition) is 4. The third-order valence-corrected chi connectivity index (χ3v) is 4.92. The summed E-state index contributed by atoms with van der Waals surface area (Å²) >= 11 is 0. The summed E-state index contributed by atoms with van der Waals surface area (Å²) in [5, 5.41) is 12.2. The third kappa shape index (κ3) is 3.13. The molecule has 0 radical (unpaired) electrons. The Bertz CT molecular complexity index is 772. The van der Waals surface area contributed by atoms with E-state index in [1.807, 2.05) is 0 Å². The molecule has 1 amide bonds. The zero-order valence-corrected chi connectivity index (χ0v) is 14.0. The van der Waals surface area contributed by atoms with Gasteiger partial charge in [-0.25, -0.2) is 4.98 Å². The van der Waals surface area contributed by atoms with Crippen molar-refractivity contribution < 1.29 is 19.1 Å². The summed E-state index contributed by atoms with van der Waals surface area (Å²) in [6.07, 6.45) is 3.02. The molecule has 1 fully saturated rings. The Morgan fingerprint density at radius 2 is 2.04 bits per heavy atom. The fraction of sp³-hybridized carbons (Fsp3) is 0.500. The van der Waals surface area contributed by atoms with Crippen LogP contribution >= 0.6 is 0 Å². The van der Waals surface area contributed by atoms with E-state index in [2.05, 4.69) is 10.3 Å². The zero-order chi connectivity index (χ0) is 17.3. The standard InChI is InChI=1S/C18H22N2O4/c1-3-18(4-2,17(22)23)10-15(21)19-12-7-8-14-13(9-12)20-16(24-14)11-5-6-11/h7-9,11H,3-6,10H2,1-2H3,(H,19,21)(H,22,23). The van der Waals surface area contributed by atoms with Crippen LogP contribution in [-0.4, -0.2) is 22.0 Å². The molecule has 6 nitrogen and oxygen atoms in total. The van der Waals surface area contributed by atoms with Gasteiger partial charge >= 0.3 is 5.97 Å². The van der Waals surface area contributed by atoms with Gasteiger partial charge in [-0.05, 0) is 43.9 Å². The first-order valence-corrected chi connectivity index (χ1v) is 8.41. The summed E-state index contributed by atoms with van der Waals surface area (Å²) in [6.45, 7) is 3.59. The van der Waals surface area contributed by atoms with Gasteiger partial charge in [0.2, 0.25) is 5.91 Å². The maximum absolute atomic E-state index is 12.3. The average Bonchev–Trinajstić information content (AvgIpc) is 3.32. The molecule has 2 aromatic rings. The van der Waals surface area contributed by atoms with Gasteiger partial charge in [0.1, 0.15) is 5.52 Å². The van der Waals surface area contributed by atoms with Gasteiger partial charge in [0.25, 0.3) is 0 Å². The molecule has 0 atom stereocenters. The molecule has 1 aromatic heterocycles. The van der Waals surface area contributed by atoms with Gasteiger partial charge in [-0.15, -0.1) is 0 Å². The first-order valence-electron chi connectivity index (χ1n) is 8.41. The van der Waals surface area contributed by atoms with E-state index in [-0.39, 0.29) is 12.3 Å². The molecule has 0 unspecified atom stereocenters. The Morgan fingerprint density at radius 3 is 2.62 bits per heavy atom. The second-order valence-corrected chi connectivity index (χ2v) is 6.53. The van der Waals surface area contributed by atoms with Crippen molar-refractivity contribution in [1.82, 2.24) is 4.98 Å². The first-order chi connectivity index (χ1) is 11.5. The number of hydrogen-bond donors (Lipinski definition) is 2. The molecule has 128 valence electrons. The number of carboxylic acid groups (broad SMARTS) is 1. The largest absolute Gasteiger partial charge is 0.481 e. The number of amides is 1. The molecule has 0 spiro atoms. The van der Waals surface area contributed by atoms with E-state index in [0.29, 0.717) is 35.5 Å². The lowest BCUT2D eigenvalue weighted by atomic mass is 9.79. The van der Waals surface area contributed by atoms with Crippen LogP contribution in [0, 0.1) is 5.41 Å². The minimum atomic E-state index is -1.01. The Labute approximate surface area is 140 Å². The van der Waals surface area contributed by atoms with E-state index in [0.717, 1.165) is 18.7 Å². The number of rotatable bonds is 7. The Kier molecular flexibility index (Phi) is 4.30. The van der Waals surface area contributed by atoms with Crippen LogP contribution in [0.25, 0.3) is 11.1 Å². The lowest BCUT2D eigenvalue weighted by Crippen LogP contribution is -2.34. The molecule has 0 bridgehead atoms. The predicted octanol–water partition coefficient (Wildman–Crippen LogP) is 3.92. The zero-order valence-electron chi connectivity index (χ0n) is 14.0. The molecule has 0 aliphatic heterocycles. The number of aliphatic carboxylic acids is 1. The number of oxazole rings is 1. The average molecular weight is 330 g/mol. The second kappa shape index (κ2) is 6.26. The van der Waals surface area contributed by atoms with Crippen LogP contribution in [-0.2, 0) is 9.59 Å². The van der Waals surface area contributed by atoms with Crippen LogP contribution < -0.4 is 5.32 Å². The molecule has 3 rings (SSSR count). The highest BCUT2D eigenvalue weighted by Gasteiger charge is 2.37. The van der Waals surface area contributed by atoms with Crippen molar-refractivity contribution in [2.75, 3.05) is 5.32 Å². The van der Waals surface area contributed by atoms with Crippen LogP contribution in [0.1, 0.15) is 57.8 Å². The number of nitrogens with one attached hydrogen (secondary N) is 1. The number of nitrogens with zero attached hydrogens (tertiary/aromatic N) is 1. The molecule has 6 heteroatoms. The van der Waals surface area contributed by atoms with Crippen LogP contribution in [0.15, 0.2) is 22.6 Å². The fourth-order valence-corrected chi connectivity index (χ4v) is 2.92. The van der Waals surface area contributed by atoms with Crippen LogP contribution in [0.5, 0.6) is 0 Å². The predicted molar refractivity (Wildman–Crippen MR) is 89.9 cm³/mol. The van der Waals surface area contributed by atoms with E-state index in [1.54, 1.807) is 32.0 Å². The molecule has 1 aliphatic carbocycles. The summed E-state index contributed by atoms with van der Waals surface area (Å²) in [7, 11) is 0. The maximum Gasteiger partial charge on any atom is 0.310 e. The van der Waals surface area contributed by atoms with Crippen LogP contribution in [0.3, 0.4) is 0 Å². The topological polar surface area (TPSA) is 92.4 Å². The Balaban J connectivity index is 1.73. The number of benzene rings is 1. The smallest absolute Gasteiger partial charge is 0.310 e. The third-order valence-electron chi connectivity index (χ3n) is 4.92. The second-order valence-electron chi connectivity index (χ2n) is 6.53. The van der Waals surface area contributed by atoms with Crippen LogP contribution in [0.4, 0.5) is 5.69 Å². The highest BCUT2D eigenvalue weighted by Crippen LogP contribution is 2.40. The van der Waals surface area contributed by atoms with Gasteiger partial charge in [-0.1, -0.05) is 13.8 Å². The van der Waals surface area contributed by atoms with Gasteiger partial charge in [0.05, 0.1) is 5.41 Å². The van der Waals surface area contributed by atoms with E-state index >= 15 is 0 Å². The molecule has 1 heterocycles. The summed E-state index contributed by atoms with van der Waals surface area (Å²) in [6, 6.07) is 5.30. The SMILES string of the molecule is CCC(CC)(CC(=O)Nc1ccc2oc(C3CC3)nc2c1)C(=O)O. The van der Waals surface area contributed by atoms with Crippen molar-refractivity contribution >= 4 is 28.7 Å². The first kappa shape index (κ1) is 16.5. The maximum atomic E-state index is 12.3. The van der Waals surface area contributed by atoms with Gasteiger partial charge in [-0.2, -0.15) is 0 Å². The number of anilines is 1. The molecule has 1 aliphatic rings. The molecule has 1 aromatic carbocycles. The van der Waals surface area contributed by atoms with Crippen LogP contribution in [0.2, 0.25) is 0 Å². The molecule has 2 N–H and O–H groups in total. The lowest BCUT2D eigenvalue weighted by molar-refractivity contribution is -0.151. The van der Waals surface area contributed by atoms with Gasteiger partial charge in [-0.3, -0.25) is 9.59 Å². The van der Waals surface area contributed by atoms with E-state index in [9.17, 15) is 14.7 Å². The highest BCUT2D eigenvalue weighted by molar-refractivity contribution is 5.95. The molecular weight excluding hydrogens is 308 g/mol. The number of fused-ring (bicyclic) bond motifs is 1. The molecule has 1 saturated carbocycles. The monoisotopic (exact) mass is 330 g/mol. The quantitative estimate of drug-likeness (QED) is 0.802. The van der Waals surface area contributed by atoms with Crippen molar-refractivity contribution in [3.05, 3.63) is 24.1 Å².